The zero-order chi connectivity index (χ0) is 8.81. The highest BCUT2D eigenvalue weighted by molar-refractivity contribution is 7.99. The summed E-state index contributed by atoms with van der Waals surface area (Å²) in [5, 5.41) is 3.10. The second-order valence-corrected chi connectivity index (χ2v) is 3.58. The summed E-state index contributed by atoms with van der Waals surface area (Å²) in [6.07, 6.45) is 1.70. The van der Waals surface area contributed by atoms with Gasteiger partial charge in [-0.05, 0) is 24.1 Å². The first-order chi connectivity index (χ1) is 5.88. The van der Waals surface area contributed by atoms with Crippen molar-refractivity contribution in [2.24, 2.45) is 0 Å². The molecule has 0 radical (unpaired) electrons. The van der Waals surface area contributed by atoms with Gasteiger partial charge in [-0.25, -0.2) is 0 Å². The molecule has 0 atom stereocenters. The van der Waals surface area contributed by atoms with E-state index in [2.05, 4.69) is 31.0 Å². The van der Waals surface area contributed by atoms with Gasteiger partial charge in [-0.1, -0.05) is 25.6 Å². The number of benzene rings is 1. The van der Waals surface area contributed by atoms with Gasteiger partial charge in [0, 0.05) is 4.90 Å². The van der Waals surface area contributed by atoms with Crippen molar-refractivity contribution < 1.29 is 0 Å². The molecule has 0 spiro atoms. The Morgan fingerprint density at radius 3 is 2.92 bits per heavy atom. The smallest absolute Gasteiger partial charge is 0.0517 e. The minimum atomic E-state index is 1.09. The van der Waals surface area contributed by atoms with E-state index in [1.165, 1.54) is 4.90 Å². The highest BCUT2D eigenvalue weighted by Gasteiger charge is 1.97. The van der Waals surface area contributed by atoms with Crippen LogP contribution in [0.3, 0.4) is 0 Å². The minimum absolute atomic E-state index is 1.09. The first-order valence-electron chi connectivity index (χ1n) is 3.97. The lowest BCUT2D eigenvalue weighted by Gasteiger charge is -2.06. The third-order valence-electron chi connectivity index (χ3n) is 1.44. The Bertz CT molecular complexity index is 258. The molecule has 64 valence electrons. The Kier molecular flexibility index (Phi) is 3.74. The normalized spacial score (nSPS) is 9.42. The van der Waals surface area contributed by atoms with Crippen LogP contribution in [0.4, 0.5) is 5.69 Å². The molecular formula is C10H13NS. The van der Waals surface area contributed by atoms with Crippen LogP contribution in [0.2, 0.25) is 0 Å². The first-order valence-corrected chi connectivity index (χ1v) is 4.96. The van der Waals surface area contributed by atoms with Crippen LogP contribution in [-0.4, -0.2) is 5.75 Å². The lowest BCUT2D eigenvalue weighted by molar-refractivity contribution is 1.40. The zero-order valence-electron chi connectivity index (χ0n) is 7.21. The average molecular weight is 179 g/mol. The standard InChI is InChI=1S/C10H13NS/c1-3-11-9-7-5-6-8-10(9)12-4-2/h3,5-8,11H,1,4H2,2H3. The topological polar surface area (TPSA) is 12.0 Å². The number of nitrogens with one attached hydrogen (secondary N) is 1. The van der Waals surface area contributed by atoms with Gasteiger partial charge in [0.05, 0.1) is 5.69 Å². The summed E-state index contributed by atoms with van der Waals surface area (Å²) in [5.74, 6) is 1.09. The molecule has 0 aliphatic rings. The molecule has 1 rings (SSSR count). The van der Waals surface area contributed by atoms with E-state index in [-0.39, 0.29) is 0 Å². The third kappa shape index (κ3) is 2.31. The average Bonchev–Trinajstić information content (AvgIpc) is 2.09. The predicted molar refractivity (Wildman–Crippen MR) is 56.7 cm³/mol. The van der Waals surface area contributed by atoms with E-state index in [4.69, 9.17) is 0 Å². The number of rotatable bonds is 4. The Balaban J connectivity index is 2.83. The second-order valence-electron chi connectivity index (χ2n) is 2.28. The molecule has 1 aromatic rings. The molecule has 0 aliphatic carbocycles. The van der Waals surface area contributed by atoms with Crippen LogP contribution in [0, 0.1) is 0 Å². The van der Waals surface area contributed by atoms with Crippen LogP contribution >= 0.6 is 11.8 Å². The highest BCUT2D eigenvalue weighted by Crippen LogP contribution is 2.26. The van der Waals surface area contributed by atoms with Gasteiger partial charge in [-0.3, -0.25) is 0 Å². The third-order valence-corrected chi connectivity index (χ3v) is 2.40. The van der Waals surface area contributed by atoms with E-state index >= 15 is 0 Å². The molecule has 0 fully saturated rings. The molecule has 12 heavy (non-hydrogen) atoms. The molecule has 0 amide bonds. The van der Waals surface area contributed by atoms with Gasteiger partial charge >= 0.3 is 0 Å². The van der Waals surface area contributed by atoms with Crippen molar-refractivity contribution in [1.29, 1.82) is 0 Å². The van der Waals surface area contributed by atoms with Crippen LogP contribution in [0.15, 0.2) is 41.9 Å². The van der Waals surface area contributed by atoms with Crippen molar-refractivity contribution in [3.05, 3.63) is 37.0 Å². The largest absolute Gasteiger partial charge is 0.361 e. The number of thioether (sulfide) groups is 1. The van der Waals surface area contributed by atoms with Gasteiger partial charge in [0.15, 0.2) is 0 Å². The maximum Gasteiger partial charge on any atom is 0.0517 e. The predicted octanol–water partition coefficient (Wildman–Crippen LogP) is 3.35. The Morgan fingerprint density at radius 2 is 2.25 bits per heavy atom. The maximum atomic E-state index is 3.64. The Hall–Kier alpha value is -0.890. The summed E-state index contributed by atoms with van der Waals surface area (Å²) in [6.45, 7) is 5.79. The summed E-state index contributed by atoms with van der Waals surface area (Å²) < 4.78 is 0. The summed E-state index contributed by atoms with van der Waals surface area (Å²) >= 11 is 1.83. The lowest BCUT2D eigenvalue weighted by Crippen LogP contribution is -1.88. The molecule has 0 saturated heterocycles. The van der Waals surface area contributed by atoms with E-state index in [9.17, 15) is 0 Å². The van der Waals surface area contributed by atoms with Gasteiger partial charge in [0.25, 0.3) is 0 Å². The van der Waals surface area contributed by atoms with E-state index in [1.807, 2.05) is 23.9 Å². The number of hydrogen-bond donors (Lipinski definition) is 1. The molecule has 1 nitrogen and oxygen atoms in total. The van der Waals surface area contributed by atoms with Gasteiger partial charge in [-0.2, -0.15) is 0 Å². The molecule has 0 saturated carbocycles. The molecule has 1 aromatic carbocycles. The lowest BCUT2D eigenvalue weighted by atomic mass is 10.3. The SMILES string of the molecule is C=CNc1ccccc1SCC. The van der Waals surface area contributed by atoms with Gasteiger partial charge in [0.2, 0.25) is 0 Å². The number of anilines is 1. The number of para-hydroxylation sites is 1. The van der Waals surface area contributed by atoms with Gasteiger partial charge < -0.3 is 5.32 Å². The quantitative estimate of drug-likeness (QED) is 0.711. The van der Waals surface area contributed by atoms with Crippen LogP contribution in [-0.2, 0) is 0 Å². The van der Waals surface area contributed by atoms with E-state index in [1.54, 1.807) is 6.20 Å². The molecule has 0 unspecified atom stereocenters. The Labute approximate surface area is 77.9 Å². The summed E-state index contributed by atoms with van der Waals surface area (Å²) in [5.41, 5.74) is 1.14. The van der Waals surface area contributed by atoms with Crippen LogP contribution in [0.1, 0.15) is 6.92 Å². The second kappa shape index (κ2) is 4.88. The van der Waals surface area contributed by atoms with Crippen molar-refractivity contribution in [3.8, 4) is 0 Å². The fourth-order valence-corrected chi connectivity index (χ4v) is 1.75. The molecule has 0 heterocycles. The Morgan fingerprint density at radius 1 is 1.50 bits per heavy atom. The van der Waals surface area contributed by atoms with Crippen LogP contribution < -0.4 is 5.32 Å². The van der Waals surface area contributed by atoms with Gasteiger partial charge in [0.1, 0.15) is 0 Å². The summed E-state index contributed by atoms with van der Waals surface area (Å²) in [4.78, 5) is 1.28. The van der Waals surface area contributed by atoms with Crippen molar-refractivity contribution >= 4 is 17.4 Å². The van der Waals surface area contributed by atoms with E-state index < -0.39 is 0 Å². The van der Waals surface area contributed by atoms with Crippen LogP contribution in [0.25, 0.3) is 0 Å². The van der Waals surface area contributed by atoms with E-state index in [0.717, 1.165) is 11.4 Å². The van der Waals surface area contributed by atoms with Gasteiger partial charge in [-0.15, -0.1) is 11.8 Å². The van der Waals surface area contributed by atoms with Crippen molar-refractivity contribution in [1.82, 2.24) is 0 Å². The molecule has 0 bridgehead atoms. The van der Waals surface area contributed by atoms with Crippen molar-refractivity contribution in [2.45, 2.75) is 11.8 Å². The summed E-state index contributed by atoms with van der Waals surface area (Å²) in [6, 6.07) is 8.23. The molecule has 1 N–H and O–H groups in total. The fourth-order valence-electron chi connectivity index (χ4n) is 0.977. The molecule has 2 heteroatoms. The minimum Gasteiger partial charge on any atom is -0.361 e. The molecule has 0 aliphatic heterocycles. The monoisotopic (exact) mass is 179 g/mol. The molecule has 0 aromatic heterocycles. The fraction of sp³-hybridized carbons (Fsp3) is 0.200. The molecular weight excluding hydrogens is 166 g/mol. The van der Waals surface area contributed by atoms with Crippen LogP contribution in [0.5, 0.6) is 0 Å². The summed E-state index contributed by atoms with van der Waals surface area (Å²) in [7, 11) is 0. The first kappa shape index (κ1) is 9.20. The van der Waals surface area contributed by atoms with E-state index in [0.29, 0.717) is 0 Å². The van der Waals surface area contributed by atoms with Crippen molar-refractivity contribution in [3.63, 3.8) is 0 Å². The maximum absolute atomic E-state index is 3.64. The highest BCUT2D eigenvalue weighted by atomic mass is 32.2. The number of hydrogen-bond acceptors (Lipinski definition) is 2. The van der Waals surface area contributed by atoms with Crippen molar-refractivity contribution in [2.75, 3.05) is 11.1 Å². The zero-order valence-corrected chi connectivity index (χ0v) is 8.03.